The third kappa shape index (κ3) is 6.34. The summed E-state index contributed by atoms with van der Waals surface area (Å²) in [5, 5.41) is 16.3. The van der Waals surface area contributed by atoms with Crippen LogP contribution in [0.15, 0.2) is 41.7 Å². The predicted octanol–water partition coefficient (Wildman–Crippen LogP) is 3.50. The maximum absolute atomic E-state index is 13.6. The minimum atomic E-state index is -4.86. The third-order valence-electron chi connectivity index (χ3n) is 4.69. The van der Waals surface area contributed by atoms with Gasteiger partial charge in [0.05, 0.1) is 6.54 Å². The molecular formula is C20H29F3IN5O. The van der Waals surface area contributed by atoms with Crippen molar-refractivity contribution >= 4 is 29.9 Å². The molecule has 30 heavy (non-hydrogen) atoms. The highest BCUT2D eigenvalue weighted by atomic mass is 127. The van der Waals surface area contributed by atoms with Crippen molar-refractivity contribution < 1.29 is 18.3 Å². The quantitative estimate of drug-likeness (QED) is 0.273. The molecular weight excluding hydrogens is 510 g/mol. The Hall–Kier alpha value is -1.82. The van der Waals surface area contributed by atoms with Crippen LogP contribution in [0.5, 0.6) is 0 Å². The Bertz CT molecular complexity index is 825. The normalized spacial score (nSPS) is 14.0. The van der Waals surface area contributed by atoms with Crippen molar-refractivity contribution in [3.8, 4) is 0 Å². The molecule has 0 aliphatic carbocycles. The van der Waals surface area contributed by atoms with Gasteiger partial charge in [0.2, 0.25) is 5.60 Å². The van der Waals surface area contributed by atoms with Gasteiger partial charge in [0, 0.05) is 39.0 Å². The number of aryl methyl sites for hydroxylation is 2. The summed E-state index contributed by atoms with van der Waals surface area (Å²) < 4.78 is 42.0. The average Bonchev–Trinajstić information content (AvgIpc) is 3.11. The van der Waals surface area contributed by atoms with Gasteiger partial charge in [-0.1, -0.05) is 31.2 Å². The van der Waals surface area contributed by atoms with Crippen molar-refractivity contribution in [2.45, 2.75) is 45.0 Å². The molecule has 0 spiro atoms. The number of hydrogen-bond acceptors (Lipinski definition) is 3. The fourth-order valence-corrected chi connectivity index (χ4v) is 3.07. The number of aliphatic imine (C=N–C) groups is 1. The molecule has 1 aromatic heterocycles. The summed E-state index contributed by atoms with van der Waals surface area (Å²) >= 11 is 0. The van der Waals surface area contributed by atoms with Gasteiger partial charge in [0.15, 0.2) is 5.96 Å². The number of nitrogens with zero attached hydrogens (tertiary/aromatic N) is 3. The highest BCUT2D eigenvalue weighted by molar-refractivity contribution is 14.0. The fraction of sp³-hybridized carbons (Fsp3) is 0.500. The van der Waals surface area contributed by atoms with E-state index in [2.05, 4.69) is 27.5 Å². The molecule has 10 heteroatoms. The number of nitrogens with one attached hydrogen (secondary N) is 2. The molecule has 6 nitrogen and oxygen atoms in total. The first-order valence-corrected chi connectivity index (χ1v) is 9.58. The van der Waals surface area contributed by atoms with Crippen LogP contribution >= 0.6 is 24.0 Å². The van der Waals surface area contributed by atoms with Crippen LogP contribution < -0.4 is 10.6 Å². The number of imidazole rings is 1. The maximum atomic E-state index is 13.6. The minimum Gasteiger partial charge on any atom is -0.374 e. The van der Waals surface area contributed by atoms with E-state index in [0.29, 0.717) is 19.0 Å². The van der Waals surface area contributed by atoms with Gasteiger partial charge in [-0.3, -0.25) is 0 Å². The second-order valence-corrected chi connectivity index (χ2v) is 6.71. The minimum absolute atomic E-state index is 0. The van der Waals surface area contributed by atoms with Gasteiger partial charge >= 0.3 is 6.18 Å². The molecule has 168 valence electrons. The number of alkyl halides is 3. The van der Waals surface area contributed by atoms with Crippen LogP contribution in [0.25, 0.3) is 0 Å². The Morgan fingerprint density at radius 1 is 1.17 bits per heavy atom. The summed E-state index contributed by atoms with van der Waals surface area (Å²) in [7, 11) is 1.42. The summed E-state index contributed by atoms with van der Waals surface area (Å²) in [5.74, 6) is -0.0478. The molecule has 0 bridgehead atoms. The van der Waals surface area contributed by atoms with Crippen LogP contribution in [0.4, 0.5) is 13.2 Å². The zero-order valence-electron chi connectivity index (χ0n) is 17.3. The lowest BCUT2D eigenvalue weighted by Crippen LogP contribution is -2.47. The summed E-state index contributed by atoms with van der Waals surface area (Å²) in [5.41, 5.74) is -0.815. The third-order valence-corrected chi connectivity index (χ3v) is 4.69. The molecule has 2 aromatic rings. The van der Waals surface area contributed by atoms with E-state index in [1.165, 1.54) is 29.6 Å². The first-order valence-electron chi connectivity index (χ1n) is 9.58. The molecule has 0 fully saturated rings. The van der Waals surface area contributed by atoms with Crippen molar-refractivity contribution in [3.05, 3.63) is 53.6 Å². The van der Waals surface area contributed by atoms with Gasteiger partial charge in [-0.05, 0) is 24.5 Å². The first-order chi connectivity index (χ1) is 13.7. The van der Waals surface area contributed by atoms with Crippen LogP contribution in [-0.2, 0) is 25.6 Å². The van der Waals surface area contributed by atoms with E-state index in [1.807, 2.05) is 31.2 Å². The molecule has 0 amide bonds. The Morgan fingerprint density at radius 3 is 2.37 bits per heavy atom. The summed E-state index contributed by atoms with van der Waals surface area (Å²) in [6.45, 7) is 4.76. The SMILES string of the molecule is CCNC(=NCc1ccccc1CC)NCCC(O)(c1nccn1C)C(F)(F)F.I. The summed E-state index contributed by atoms with van der Waals surface area (Å²) in [6.07, 6.45) is -1.98. The Balaban J connectivity index is 0.00000450. The van der Waals surface area contributed by atoms with Crippen LogP contribution in [-0.4, -0.2) is 39.9 Å². The van der Waals surface area contributed by atoms with Crippen LogP contribution in [0.2, 0.25) is 0 Å². The highest BCUT2D eigenvalue weighted by Crippen LogP contribution is 2.40. The monoisotopic (exact) mass is 539 g/mol. The molecule has 1 unspecified atom stereocenters. The van der Waals surface area contributed by atoms with Gasteiger partial charge < -0.3 is 20.3 Å². The molecule has 1 aromatic carbocycles. The lowest BCUT2D eigenvalue weighted by molar-refractivity contribution is -0.272. The van der Waals surface area contributed by atoms with Gasteiger partial charge in [0.1, 0.15) is 5.82 Å². The zero-order chi connectivity index (χ0) is 21.5. The number of guanidine groups is 1. The molecule has 0 radical (unpaired) electrons. The number of halogens is 4. The van der Waals surface area contributed by atoms with E-state index < -0.39 is 24.0 Å². The fourth-order valence-electron chi connectivity index (χ4n) is 3.07. The smallest absolute Gasteiger partial charge is 0.374 e. The molecule has 1 heterocycles. The van der Waals surface area contributed by atoms with E-state index in [4.69, 9.17) is 0 Å². The molecule has 1 atom stereocenters. The number of hydrogen-bond donors (Lipinski definition) is 3. The van der Waals surface area contributed by atoms with Crippen molar-refractivity contribution in [1.29, 1.82) is 0 Å². The molecule has 3 N–H and O–H groups in total. The largest absolute Gasteiger partial charge is 0.424 e. The van der Waals surface area contributed by atoms with E-state index in [1.54, 1.807) is 0 Å². The van der Waals surface area contributed by atoms with Crippen LogP contribution in [0.3, 0.4) is 0 Å². The highest BCUT2D eigenvalue weighted by Gasteiger charge is 2.57. The Labute approximate surface area is 192 Å². The standard InChI is InChI=1S/C20H28F3N5O.HI/c1-4-15-8-6-7-9-16(15)14-27-18(24-5-2)26-11-10-19(29,20(21,22)23)17-25-12-13-28(17)3;/h6-9,12-13,29H,4-5,10-11,14H2,1-3H3,(H2,24,26,27);1H. The summed E-state index contributed by atoms with van der Waals surface area (Å²) in [4.78, 5) is 8.17. The van der Waals surface area contributed by atoms with Gasteiger partial charge in [-0.15, -0.1) is 24.0 Å². The van der Waals surface area contributed by atoms with E-state index in [9.17, 15) is 18.3 Å². The lowest BCUT2D eigenvalue weighted by atomic mass is 9.97. The van der Waals surface area contributed by atoms with E-state index >= 15 is 0 Å². The van der Waals surface area contributed by atoms with E-state index in [0.717, 1.165) is 12.0 Å². The second kappa shape index (κ2) is 11.5. The average molecular weight is 539 g/mol. The molecule has 2 rings (SSSR count). The topological polar surface area (TPSA) is 74.5 Å². The number of aromatic nitrogens is 2. The number of aliphatic hydroxyl groups is 1. The maximum Gasteiger partial charge on any atom is 0.424 e. The Morgan fingerprint density at radius 2 is 1.83 bits per heavy atom. The van der Waals surface area contributed by atoms with Crippen molar-refractivity contribution in [1.82, 2.24) is 20.2 Å². The lowest BCUT2D eigenvalue weighted by Gasteiger charge is -2.30. The van der Waals surface area contributed by atoms with Crippen molar-refractivity contribution in [2.24, 2.45) is 12.0 Å². The van der Waals surface area contributed by atoms with Gasteiger partial charge in [0.25, 0.3) is 0 Å². The summed E-state index contributed by atoms with van der Waals surface area (Å²) in [6, 6.07) is 7.91. The molecule has 0 aliphatic rings. The van der Waals surface area contributed by atoms with Gasteiger partial charge in [-0.2, -0.15) is 13.2 Å². The first kappa shape index (κ1) is 26.2. The second-order valence-electron chi connectivity index (χ2n) is 6.71. The molecule has 0 aliphatic heterocycles. The molecule has 0 saturated heterocycles. The van der Waals surface area contributed by atoms with Gasteiger partial charge in [-0.25, -0.2) is 9.98 Å². The molecule has 0 saturated carbocycles. The number of benzene rings is 1. The van der Waals surface area contributed by atoms with E-state index in [-0.39, 0.29) is 30.5 Å². The van der Waals surface area contributed by atoms with Crippen LogP contribution in [0, 0.1) is 0 Å². The zero-order valence-corrected chi connectivity index (χ0v) is 19.7. The Kier molecular flexibility index (Phi) is 10.1. The predicted molar refractivity (Wildman–Crippen MR) is 122 cm³/mol. The van der Waals surface area contributed by atoms with Crippen molar-refractivity contribution in [2.75, 3.05) is 13.1 Å². The van der Waals surface area contributed by atoms with Crippen molar-refractivity contribution in [3.63, 3.8) is 0 Å². The van der Waals surface area contributed by atoms with Crippen LogP contribution in [0.1, 0.15) is 37.2 Å². The number of rotatable bonds is 8.